The minimum atomic E-state index is -0.340. The molecule has 3 rings (SSSR count). The van der Waals surface area contributed by atoms with E-state index in [1.54, 1.807) is 0 Å². The van der Waals surface area contributed by atoms with Gasteiger partial charge >= 0.3 is 6.03 Å². The van der Waals surface area contributed by atoms with Gasteiger partial charge in [-0.1, -0.05) is 48.5 Å². The number of aromatic nitrogens is 1. The molecule has 2 aromatic carbocycles. The third kappa shape index (κ3) is 7.38. The molecule has 7 heteroatoms. The Morgan fingerprint density at radius 1 is 0.897 bits per heavy atom. The van der Waals surface area contributed by atoms with Crippen molar-refractivity contribution in [3.63, 3.8) is 0 Å². The fraction of sp³-hybridized carbons (Fsp3) is 0.227. The molecule has 0 fully saturated rings. The number of nitrogens with zero attached hydrogens (tertiary/aromatic N) is 1. The number of anilines is 2. The molecule has 0 atom stereocenters. The van der Waals surface area contributed by atoms with Crippen LogP contribution in [0, 0.1) is 0 Å². The maximum absolute atomic E-state index is 12.0. The van der Waals surface area contributed by atoms with Crippen LogP contribution in [0.1, 0.15) is 24.1 Å². The van der Waals surface area contributed by atoms with E-state index in [4.69, 9.17) is 0 Å². The van der Waals surface area contributed by atoms with Gasteiger partial charge in [0.05, 0.1) is 5.69 Å². The van der Waals surface area contributed by atoms with Gasteiger partial charge in [-0.05, 0) is 37.0 Å². The molecule has 0 aliphatic rings. The van der Waals surface area contributed by atoms with Crippen molar-refractivity contribution in [1.82, 2.24) is 10.3 Å². The smallest absolute Gasteiger partial charge is 0.325 e. The maximum Gasteiger partial charge on any atom is 0.325 e. The van der Waals surface area contributed by atoms with E-state index in [1.807, 2.05) is 53.9 Å². The number of urea groups is 1. The zero-order chi connectivity index (χ0) is 20.3. The maximum atomic E-state index is 12.0. The molecular weight excluding hydrogens is 384 g/mol. The Hall–Kier alpha value is -3.19. The predicted octanol–water partition coefficient (Wildman–Crippen LogP) is 4.47. The highest BCUT2D eigenvalue weighted by Crippen LogP contribution is 2.17. The quantitative estimate of drug-likeness (QED) is 0.457. The minimum absolute atomic E-state index is 0.0161. The molecule has 0 bridgehead atoms. The van der Waals surface area contributed by atoms with Gasteiger partial charge in [-0.3, -0.25) is 10.1 Å². The van der Waals surface area contributed by atoms with E-state index in [0.717, 1.165) is 18.5 Å². The molecule has 0 unspecified atom stereocenters. The Morgan fingerprint density at radius 3 is 2.38 bits per heavy atom. The first kappa shape index (κ1) is 20.5. The van der Waals surface area contributed by atoms with Crippen molar-refractivity contribution >= 4 is 34.1 Å². The summed E-state index contributed by atoms with van der Waals surface area (Å²) in [7, 11) is 0. The lowest BCUT2D eigenvalue weighted by molar-refractivity contribution is -0.121. The summed E-state index contributed by atoms with van der Waals surface area (Å²) < 4.78 is 0. The van der Waals surface area contributed by atoms with Gasteiger partial charge in [0, 0.05) is 24.0 Å². The van der Waals surface area contributed by atoms with E-state index in [2.05, 4.69) is 33.1 Å². The number of thiazole rings is 1. The first-order valence-electron chi connectivity index (χ1n) is 9.57. The summed E-state index contributed by atoms with van der Waals surface area (Å²) >= 11 is 1.34. The number of aryl methyl sites for hydroxylation is 2. The second kappa shape index (κ2) is 11.0. The lowest BCUT2D eigenvalue weighted by Crippen LogP contribution is -2.25. The highest BCUT2D eigenvalue weighted by molar-refractivity contribution is 7.13. The topological polar surface area (TPSA) is 83.1 Å². The summed E-state index contributed by atoms with van der Waals surface area (Å²) in [6.45, 7) is 0.664. The largest absolute Gasteiger partial charge is 0.356 e. The molecule has 0 aliphatic carbocycles. The van der Waals surface area contributed by atoms with Crippen molar-refractivity contribution in [3.05, 3.63) is 77.3 Å². The molecule has 0 aliphatic heterocycles. The van der Waals surface area contributed by atoms with Gasteiger partial charge in [-0.15, -0.1) is 11.3 Å². The van der Waals surface area contributed by atoms with Crippen LogP contribution >= 0.6 is 11.3 Å². The molecular formula is C22H24N4O2S. The van der Waals surface area contributed by atoms with E-state index < -0.39 is 0 Å². The number of para-hydroxylation sites is 1. The summed E-state index contributed by atoms with van der Waals surface area (Å²) in [5.41, 5.74) is 2.79. The van der Waals surface area contributed by atoms with Crippen molar-refractivity contribution in [2.24, 2.45) is 0 Å². The summed E-state index contributed by atoms with van der Waals surface area (Å²) in [6.07, 6.45) is 2.79. The number of rotatable bonds is 9. The van der Waals surface area contributed by atoms with E-state index in [0.29, 0.717) is 30.2 Å². The van der Waals surface area contributed by atoms with Crippen molar-refractivity contribution in [3.8, 4) is 0 Å². The summed E-state index contributed by atoms with van der Waals surface area (Å²) in [5, 5.41) is 10.8. The number of nitrogens with one attached hydrogen (secondary N) is 3. The second-order valence-corrected chi connectivity index (χ2v) is 7.39. The van der Waals surface area contributed by atoms with Crippen LogP contribution in [0.2, 0.25) is 0 Å². The Kier molecular flexibility index (Phi) is 7.77. The van der Waals surface area contributed by atoms with Crippen LogP contribution in [0.15, 0.2) is 66.0 Å². The first-order chi connectivity index (χ1) is 14.2. The second-order valence-electron chi connectivity index (χ2n) is 6.53. The molecule has 0 saturated heterocycles. The third-order valence-electron chi connectivity index (χ3n) is 4.22. The van der Waals surface area contributed by atoms with Crippen LogP contribution in [-0.4, -0.2) is 23.5 Å². The van der Waals surface area contributed by atoms with Crippen LogP contribution in [0.25, 0.3) is 0 Å². The Morgan fingerprint density at radius 2 is 1.62 bits per heavy atom. The molecule has 3 N–H and O–H groups in total. The van der Waals surface area contributed by atoms with E-state index in [-0.39, 0.29) is 11.9 Å². The average molecular weight is 409 g/mol. The van der Waals surface area contributed by atoms with Gasteiger partial charge in [0.2, 0.25) is 5.91 Å². The molecule has 3 amide bonds. The van der Waals surface area contributed by atoms with Gasteiger partial charge in [0.15, 0.2) is 5.13 Å². The molecule has 0 radical (unpaired) electrons. The molecule has 0 saturated carbocycles. The van der Waals surface area contributed by atoms with Crippen LogP contribution in [-0.2, 0) is 17.6 Å². The standard InChI is InChI=1S/C22H24N4O2S/c27-20(23-15-7-10-17-8-3-1-4-9-17)14-13-19-16-29-22(25-19)26-21(28)24-18-11-5-2-6-12-18/h1-6,8-9,11-12,16H,7,10,13-15H2,(H,23,27)(H2,24,25,26,28). The number of carbonyl (C=O) groups is 2. The Bertz CT molecular complexity index is 913. The lowest BCUT2D eigenvalue weighted by atomic mass is 10.1. The van der Waals surface area contributed by atoms with Crippen molar-refractivity contribution < 1.29 is 9.59 Å². The van der Waals surface area contributed by atoms with Crippen LogP contribution in [0.5, 0.6) is 0 Å². The summed E-state index contributed by atoms with van der Waals surface area (Å²) in [6, 6.07) is 19.1. The number of hydrogen-bond donors (Lipinski definition) is 3. The van der Waals surface area contributed by atoms with Crippen molar-refractivity contribution in [2.75, 3.05) is 17.2 Å². The first-order valence-corrected chi connectivity index (χ1v) is 10.4. The monoisotopic (exact) mass is 408 g/mol. The minimum Gasteiger partial charge on any atom is -0.356 e. The molecule has 3 aromatic rings. The van der Waals surface area contributed by atoms with Gasteiger partial charge in [0.1, 0.15) is 0 Å². The van der Waals surface area contributed by atoms with E-state index in [9.17, 15) is 9.59 Å². The molecule has 150 valence electrons. The van der Waals surface area contributed by atoms with Crippen molar-refractivity contribution in [1.29, 1.82) is 0 Å². The highest BCUT2D eigenvalue weighted by atomic mass is 32.1. The van der Waals surface area contributed by atoms with Crippen LogP contribution in [0.3, 0.4) is 0 Å². The zero-order valence-electron chi connectivity index (χ0n) is 16.1. The zero-order valence-corrected chi connectivity index (χ0v) is 16.9. The predicted molar refractivity (Wildman–Crippen MR) is 117 cm³/mol. The molecule has 29 heavy (non-hydrogen) atoms. The molecule has 6 nitrogen and oxygen atoms in total. The van der Waals surface area contributed by atoms with E-state index >= 15 is 0 Å². The number of hydrogen-bond acceptors (Lipinski definition) is 4. The molecule has 0 spiro atoms. The van der Waals surface area contributed by atoms with Gasteiger partial charge < -0.3 is 10.6 Å². The fourth-order valence-corrected chi connectivity index (χ4v) is 3.49. The Balaban J connectivity index is 1.33. The normalized spacial score (nSPS) is 10.3. The number of amides is 3. The summed E-state index contributed by atoms with van der Waals surface area (Å²) in [5.74, 6) is 0.0161. The van der Waals surface area contributed by atoms with Crippen LogP contribution < -0.4 is 16.0 Å². The fourth-order valence-electron chi connectivity index (χ4n) is 2.76. The van der Waals surface area contributed by atoms with E-state index in [1.165, 1.54) is 16.9 Å². The Labute approximate surface area is 174 Å². The van der Waals surface area contributed by atoms with Gasteiger partial charge in [-0.2, -0.15) is 0 Å². The lowest BCUT2D eigenvalue weighted by Gasteiger charge is -2.05. The summed E-state index contributed by atoms with van der Waals surface area (Å²) in [4.78, 5) is 28.4. The van der Waals surface area contributed by atoms with Gasteiger partial charge in [0.25, 0.3) is 0 Å². The number of carbonyl (C=O) groups excluding carboxylic acids is 2. The van der Waals surface area contributed by atoms with Gasteiger partial charge in [-0.25, -0.2) is 9.78 Å². The molecule has 1 heterocycles. The average Bonchev–Trinajstić information content (AvgIpc) is 3.18. The SMILES string of the molecule is O=C(CCc1csc(NC(=O)Nc2ccccc2)n1)NCCCc1ccccc1. The highest BCUT2D eigenvalue weighted by Gasteiger charge is 2.08. The van der Waals surface area contributed by atoms with Crippen molar-refractivity contribution in [2.45, 2.75) is 25.7 Å². The van der Waals surface area contributed by atoms with Crippen LogP contribution in [0.4, 0.5) is 15.6 Å². The molecule has 1 aromatic heterocycles. The number of benzene rings is 2. The third-order valence-corrected chi connectivity index (χ3v) is 5.03.